The maximum atomic E-state index is 12.8. The number of likely N-dealkylation sites (tertiary alicyclic amines) is 1. The summed E-state index contributed by atoms with van der Waals surface area (Å²) in [6.45, 7) is 3.85. The molecule has 2 aromatic rings. The predicted octanol–water partition coefficient (Wildman–Crippen LogP) is 2.22. The maximum absolute atomic E-state index is 12.8. The number of nitrogens with one attached hydrogen (secondary N) is 1. The van der Waals surface area contributed by atoms with Gasteiger partial charge in [-0.2, -0.15) is 0 Å². The summed E-state index contributed by atoms with van der Waals surface area (Å²) in [5.41, 5.74) is 1.61. The van der Waals surface area contributed by atoms with Gasteiger partial charge in [-0.3, -0.25) is 9.69 Å². The number of piperidine rings is 1. The van der Waals surface area contributed by atoms with Crippen LogP contribution in [0.2, 0.25) is 0 Å². The van der Waals surface area contributed by atoms with Gasteiger partial charge >= 0.3 is 0 Å². The molecule has 0 atom stereocenters. The Bertz CT molecular complexity index is 770. The van der Waals surface area contributed by atoms with Crippen LogP contribution in [0, 0.1) is 0 Å². The smallest absolute Gasteiger partial charge is 0.270 e. The minimum atomic E-state index is -0.222. The molecular formula is C20H28N4O2. The molecule has 3 rings (SSSR count). The lowest BCUT2D eigenvalue weighted by molar-refractivity contribution is 0.0943. The summed E-state index contributed by atoms with van der Waals surface area (Å²) < 4.78 is 0. The molecule has 0 spiro atoms. The first-order valence-electron chi connectivity index (χ1n) is 9.32. The van der Waals surface area contributed by atoms with Crippen LogP contribution in [0.1, 0.15) is 35.3 Å². The quantitative estimate of drug-likeness (QED) is 0.831. The third kappa shape index (κ3) is 4.31. The number of hydrogen-bond acceptors (Lipinski definition) is 5. The van der Waals surface area contributed by atoms with Crippen LogP contribution in [-0.4, -0.2) is 66.1 Å². The van der Waals surface area contributed by atoms with E-state index >= 15 is 0 Å². The molecule has 1 aliphatic heterocycles. The standard InChI is InChI=1S/C20H28N4O2/c1-23(2)13-10-21-20(26)18-16(14-24-11-6-3-7-12-24)19(25)15-8-4-5-9-17(15)22-18/h4-5,8-9H,3,6-7,10-14H2,1-2H3,(H,21,26)(H,22,25). The Kier molecular flexibility index (Phi) is 6.06. The minimum absolute atomic E-state index is 0.180. The Morgan fingerprint density at radius 1 is 1.23 bits per heavy atom. The fourth-order valence-corrected chi connectivity index (χ4v) is 3.39. The van der Waals surface area contributed by atoms with Crippen molar-refractivity contribution in [1.29, 1.82) is 0 Å². The van der Waals surface area contributed by atoms with Gasteiger partial charge < -0.3 is 15.3 Å². The second kappa shape index (κ2) is 8.47. The number of likely N-dealkylation sites (N-methyl/N-ethyl adjacent to an activating group) is 1. The summed E-state index contributed by atoms with van der Waals surface area (Å²) >= 11 is 0. The fraction of sp³-hybridized carbons (Fsp3) is 0.500. The zero-order valence-corrected chi connectivity index (χ0v) is 15.7. The number of carbonyl (C=O) groups is 1. The number of para-hydroxylation sites is 1. The van der Waals surface area contributed by atoms with Gasteiger partial charge in [0.25, 0.3) is 5.91 Å². The van der Waals surface area contributed by atoms with E-state index in [1.54, 1.807) is 0 Å². The Balaban J connectivity index is 1.92. The number of pyridine rings is 1. The van der Waals surface area contributed by atoms with Gasteiger partial charge in [0.1, 0.15) is 11.4 Å². The van der Waals surface area contributed by atoms with E-state index in [0.717, 1.165) is 32.5 Å². The SMILES string of the molecule is CN(C)CCNC(=O)c1nc2ccccc2c(O)c1CN1CCCCC1. The van der Waals surface area contributed by atoms with E-state index in [1.165, 1.54) is 6.42 Å². The van der Waals surface area contributed by atoms with Gasteiger partial charge in [0.2, 0.25) is 0 Å². The van der Waals surface area contributed by atoms with Gasteiger partial charge in [-0.1, -0.05) is 18.6 Å². The highest BCUT2D eigenvalue weighted by molar-refractivity contribution is 5.99. The van der Waals surface area contributed by atoms with Crippen LogP contribution in [0.3, 0.4) is 0 Å². The lowest BCUT2D eigenvalue weighted by atomic mass is 10.0. The number of benzene rings is 1. The van der Waals surface area contributed by atoms with Crippen LogP contribution in [0.15, 0.2) is 24.3 Å². The number of fused-ring (bicyclic) bond motifs is 1. The molecule has 0 unspecified atom stereocenters. The van der Waals surface area contributed by atoms with Gasteiger partial charge in [-0.15, -0.1) is 0 Å². The molecule has 1 amide bonds. The molecule has 0 aliphatic carbocycles. The van der Waals surface area contributed by atoms with Crippen molar-refractivity contribution in [2.45, 2.75) is 25.8 Å². The summed E-state index contributed by atoms with van der Waals surface area (Å²) in [4.78, 5) is 21.7. The van der Waals surface area contributed by atoms with Gasteiger partial charge in [-0.25, -0.2) is 4.98 Å². The van der Waals surface area contributed by atoms with Crippen LogP contribution in [0.5, 0.6) is 5.75 Å². The van der Waals surface area contributed by atoms with Crippen molar-refractivity contribution in [3.05, 3.63) is 35.5 Å². The summed E-state index contributed by atoms with van der Waals surface area (Å²) in [5.74, 6) is -0.0427. The van der Waals surface area contributed by atoms with E-state index in [9.17, 15) is 9.90 Å². The second-order valence-corrected chi connectivity index (χ2v) is 7.20. The van der Waals surface area contributed by atoms with Gasteiger partial charge in [-0.05, 0) is 52.2 Å². The predicted molar refractivity (Wildman–Crippen MR) is 103 cm³/mol. The normalized spacial score (nSPS) is 15.5. The Hall–Kier alpha value is -2.18. The molecule has 2 heterocycles. The first kappa shape index (κ1) is 18.6. The number of aromatic hydroxyl groups is 1. The molecular weight excluding hydrogens is 328 g/mol. The second-order valence-electron chi connectivity index (χ2n) is 7.20. The molecule has 2 N–H and O–H groups in total. The van der Waals surface area contributed by atoms with Crippen molar-refractivity contribution < 1.29 is 9.90 Å². The van der Waals surface area contributed by atoms with Gasteiger partial charge in [0.15, 0.2) is 0 Å². The lowest BCUT2D eigenvalue weighted by Gasteiger charge is -2.27. The number of hydrogen-bond donors (Lipinski definition) is 2. The van der Waals surface area contributed by atoms with E-state index in [0.29, 0.717) is 35.2 Å². The summed E-state index contributed by atoms with van der Waals surface area (Å²) in [6, 6.07) is 7.43. The highest BCUT2D eigenvalue weighted by atomic mass is 16.3. The molecule has 6 heteroatoms. The third-order valence-corrected chi connectivity index (χ3v) is 4.85. The molecule has 1 fully saturated rings. The van der Waals surface area contributed by atoms with E-state index in [1.807, 2.05) is 43.3 Å². The Labute approximate surface area is 154 Å². The van der Waals surface area contributed by atoms with Gasteiger partial charge in [0.05, 0.1) is 5.52 Å². The molecule has 0 radical (unpaired) electrons. The molecule has 26 heavy (non-hydrogen) atoms. The summed E-state index contributed by atoms with van der Waals surface area (Å²) in [7, 11) is 3.93. The maximum Gasteiger partial charge on any atom is 0.270 e. The lowest BCUT2D eigenvalue weighted by Crippen LogP contribution is -2.34. The largest absolute Gasteiger partial charge is 0.507 e. The first-order chi connectivity index (χ1) is 12.6. The first-order valence-corrected chi connectivity index (χ1v) is 9.32. The summed E-state index contributed by atoms with van der Waals surface area (Å²) in [5, 5.41) is 14.5. The topological polar surface area (TPSA) is 68.7 Å². The van der Waals surface area contributed by atoms with E-state index < -0.39 is 0 Å². The monoisotopic (exact) mass is 356 g/mol. The molecule has 0 bridgehead atoms. The number of rotatable bonds is 6. The van der Waals surface area contributed by atoms with Crippen LogP contribution in [0.4, 0.5) is 0 Å². The molecule has 6 nitrogen and oxygen atoms in total. The van der Waals surface area contributed by atoms with Crippen LogP contribution < -0.4 is 5.32 Å². The number of aromatic nitrogens is 1. The van der Waals surface area contributed by atoms with Crippen LogP contribution in [-0.2, 0) is 6.54 Å². The molecule has 1 aromatic carbocycles. The van der Waals surface area contributed by atoms with Gasteiger partial charge in [0, 0.05) is 30.6 Å². The average molecular weight is 356 g/mol. The van der Waals surface area contributed by atoms with Crippen molar-refractivity contribution in [2.24, 2.45) is 0 Å². The fourth-order valence-electron chi connectivity index (χ4n) is 3.39. The van der Waals surface area contributed by atoms with E-state index in [4.69, 9.17) is 0 Å². The van der Waals surface area contributed by atoms with Crippen molar-refractivity contribution >= 4 is 16.8 Å². The van der Waals surface area contributed by atoms with Crippen molar-refractivity contribution in [2.75, 3.05) is 40.3 Å². The molecule has 1 aliphatic rings. The number of carbonyl (C=O) groups excluding carboxylic acids is 1. The molecule has 1 saturated heterocycles. The molecule has 0 saturated carbocycles. The van der Waals surface area contributed by atoms with Crippen LogP contribution in [0.25, 0.3) is 10.9 Å². The number of nitrogens with zero attached hydrogens (tertiary/aromatic N) is 3. The molecule has 1 aromatic heterocycles. The van der Waals surface area contributed by atoms with E-state index in [2.05, 4.69) is 15.2 Å². The zero-order valence-electron chi connectivity index (χ0n) is 15.7. The zero-order chi connectivity index (χ0) is 18.5. The number of amides is 1. The Morgan fingerprint density at radius 2 is 1.96 bits per heavy atom. The van der Waals surface area contributed by atoms with Crippen molar-refractivity contribution in [3.8, 4) is 5.75 Å². The van der Waals surface area contributed by atoms with Crippen molar-refractivity contribution in [1.82, 2.24) is 20.1 Å². The van der Waals surface area contributed by atoms with Crippen LogP contribution >= 0.6 is 0 Å². The summed E-state index contributed by atoms with van der Waals surface area (Å²) in [6.07, 6.45) is 3.56. The average Bonchev–Trinajstić information content (AvgIpc) is 2.64. The third-order valence-electron chi connectivity index (χ3n) is 4.85. The molecule has 140 valence electrons. The van der Waals surface area contributed by atoms with Crippen molar-refractivity contribution in [3.63, 3.8) is 0 Å². The Morgan fingerprint density at radius 3 is 2.69 bits per heavy atom. The highest BCUT2D eigenvalue weighted by Gasteiger charge is 2.22. The highest BCUT2D eigenvalue weighted by Crippen LogP contribution is 2.31. The van der Waals surface area contributed by atoms with E-state index in [-0.39, 0.29) is 11.7 Å². The minimum Gasteiger partial charge on any atom is -0.507 e.